The number of hydrogen-bond donors (Lipinski definition) is 2. The molecule has 1 aromatic carbocycles. The second-order valence-electron chi connectivity index (χ2n) is 6.91. The van der Waals surface area contributed by atoms with Gasteiger partial charge >= 0.3 is 0 Å². The fourth-order valence-electron chi connectivity index (χ4n) is 2.82. The number of amides is 2. The van der Waals surface area contributed by atoms with Crippen molar-refractivity contribution in [3.8, 4) is 0 Å². The molecular weight excluding hydrogens is 390 g/mol. The number of rotatable bonds is 8. The van der Waals surface area contributed by atoms with Crippen molar-refractivity contribution in [1.29, 1.82) is 0 Å². The maximum atomic E-state index is 12.5. The fourth-order valence-corrected chi connectivity index (χ4v) is 4.32. The summed E-state index contributed by atoms with van der Waals surface area (Å²) in [7, 11) is 0. The summed E-state index contributed by atoms with van der Waals surface area (Å²) in [6, 6.07) is 13.1. The Morgan fingerprint density at radius 3 is 2.54 bits per heavy atom. The smallest absolute Gasteiger partial charge is 0.257 e. The lowest BCUT2D eigenvalue weighted by molar-refractivity contribution is -0.121. The van der Waals surface area contributed by atoms with Crippen LogP contribution >= 0.6 is 22.7 Å². The summed E-state index contributed by atoms with van der Waals surface area (Å²) in [5.74, 6) is 0.206. The van der Waals surface area contributed by atoms with Gasteiger partial charge in [0.1, 0.15) is 0 Å². The van der Waals surface area contributed by atoms with Crippen LogP contribution in [0.25, 0.3) is 0 Å². The summed E-state index contributed by atoms with van der Waals surface area (Å²) in [5, 5.41) is 10.2. The predicted molar refractivity (Wildman–Crippen MR) is 115 cm³/mol. The predicted octanol–water partition coefficient (Wildman–Crippen LogP) is 4.90. The molecule has 5 nitrogen and oxygen atoms in total. The Kier molecular flexibility index (Phi) is 6.95. The fraction of sp³-hybridized carbons (Fsp3) is 0.286. The standard InChI is InChI=1S/C21H23N3O2S2/c1-14(2)11-17(18-9-6-10-27-18)23-19(25)12-16-13-28-21(22-16)24-20(26)15-7-4-3-5-8-15/h3-10,13-14,17H,11-12H2,1-2H3,(H,23,25)(H,22,24,26). The molecule has 0 saturated carbocycles. The molecule has 0 bridgehead atoms. The maximum absolute atomic E-state index is 12.5. The Labute approximate surface area is 172 Å². The van der Waals surface area contributed by atoms with Crippen molar-refractivity contribution in [3.63, 3.8) is 0 Å². The van der Waals surface area contributed by atoms with Gasteiger partial charge in [-0.2, -0.15) is 0 Å². The molecule has 0 aliphatic carbocycles. The maximum Gasteiger partial charge on any atom is 0.257 e. The largest absolute Gasteiger partial charge is 0.348 e. The molecule has 0 aliphatic heterocycles. The molecule has 3 rings (SSSR count). The topological polar surface area (TPSA) is 71.1 Å². The number of anilines is 1. The summed E-state index contributed by atoms with van der Waals surface area (Å²) in [5.41, 5.74) is 1.23. The molecule has 1 atom stereocenters. The van der Waals surface area contributed by atoms with E-state index < -0.39 is 0 Å². The second-order valence-corrected chi connectivity index (χ2v) is 8.74. The van der Waals surface area contributed by atoms with E-state index in [2.05, 4.69) is 35.5 Å². The molecule has 3 aromatic rings. The number of nitrogens with zero attached hydrogens (tertiary/aromatic N) is 1. The molecule has 0 radical (unpaired) electrons. The zero-order chi connectivity index (χ0) is 19.9. The van der Waals surface area contributed by atoms with E-state index in [4.69, 9.17) is 0 Å². The molecule has 0 spiro atoms. The average Bonchev–Trinajstić information content (AvgIpc) is 3.34. The van der Waals surface area contributed by atoms with Crippen LogP contribution < -0.4 is 10.6 Å². The number of thiazole rings is 1. The van der Waals surface area contributed by atoms with E-state index in [0.717, 1.165) is 11.3 Å². The Morgan fingerprint density at radius 2 is 1.86 bits per heavy atom. The first-order valence-corrected chi connectivity index (χ1v) is 10.9. The van der Waals surface area contributed by atoms with Crippen LogP contribution in [0.3, 0.4) is 0 Å². The van der Waals surface area contributed by atoms with E-state index in [1.807, 2.05) is 35.0 Å². The Bertz CT molecular complexity index is 905. The zero-order valence-corrected chi connectivity index (χ0v) is 17.5. The molecule has 1 unspecified atom stereocenters. The molecule has 0 fully saturated rings. The summed E-state index contributed by atoms with van der Waals surface area (Å²) in [4.78, 5) is 30.3. The molecule has 0 aliphatic rings. The van der Waals surface area contributed by atoms with Crippen LogP contribution in [-0.4, -0.2) is 16.8 Å². The third-order valence-corrected chi connectivity index (χ3v) is 5.87. The molecule has 0 saturated heterocycles. The van der Waals surface area contributed by atoms with E-state index in [9.17, 15) is 9.59 Å². The highest BCUT2D eigenvalue weighted by atomic mass is 32.1. The Balaban J connectivity index is 1.58. The highest BCUT2D eigenvalue weighted by molar-refractivity contribution is 7.14. The third-order valence-electron chi connectivity index (χ3n) is 4.08. The number of nitrogens with one attached hydrogen (secondary N) is 2. The van der Waals surface area contributed by atoms with E-state index in [1.54, 1.807) is 23.5 Å². The number of benzene rings is 1. The van der Waals surface area contributed by atoms with Gasteiger partial charge in [-0.25, -0.2) is 4.98 Å². The molecule has 2 heterocycles. The van der Waals surface area contributed by atoms with Crippen molar-refractivity contribution in [2.24, 2.45) is 5.92 Å². The average molecular weight is 414 g/mol. The number of hydrogen-bond acceptors (Lipinski definition) is 5. The molecular formula is C21H23N3O2S2. The summed E-state index contributed by atoms with van der Waals surface area (Å²) in [6.45, 7) is 4.30. The molecule has 2 aromatic heterocycles. The van der Waals surface area contributed by atoms with Crippen LogP contribution in [0.1, 0.15) is 47.2 Å². The van der Waals surface area contributed by atoms with E-state index in [0.29, 0.717) is 22.3 Å². The summed E-state index contributed by atoms with van der Waals surface area (Å²) >= 11 is 2.98. The summed E-state index contributed by atoms with van der Waals surface area (Å²) < 4.78 is 0. The second kappa shape index (κ2) is 9.61. The van der Waals surface area contributed by atoms with E-state index in [1.165, 1.54) is 11.3 Å². The highest BCUT2D eigenvalue weighted by Crippen LogP contribution is 2.25. The van der Waals surface area contributed by atoms with Crippen LogP contribution in [0.5, 0.6) is 0 Å². The SMILES string of the molecule is CC(C)CC(NC(=O)Cc1csc(NC(=O)c2ccccc2)n1)c1cccs1. The van der Waals surface area contributed by atoms with Gasteiger partial charge in [-0.05, 0) is 35.9 Å². The van der Waals surface area contributed by atoms with Gasteiger partial charge in [-0.15, -0.1) is 22.7 Å². The number of carbonyl (C=O) groups excluding carboxylic acids is 2. The van der Waals surface area contributed by atoms with Gasteiger partial charge in [0.15, 0.2) is 5.13 Å². The normalized spacial score (nSPS) is 12.0. The van der Waals surface area contributed by atoms with Crippen molar-refractivity contribution in [1.82, 2.24) is 10.3 Å². The number of carbonyl (C=O) groups is 2. The van der Waals surface area contributed by atoms with Crippen LogP contribution in [0.15, 0.2) is 53.2 Å². The van der Waals surface area contributed by atoms with Gasteiger partial charge in [0, 0.05) is 15.8 Å². The van der Waals surface area contributed by atoms with Crippen molar-refractivity contribution in [2.75, 3.05) is 5.32 Å². The quantitative estimate of drug-likeness (QED) is 0.552. The summed E-state index contributed by atoms with van der Waals surface area (Å²) in [6.07, 6.45) is 1.08. The monoisotopic (exact) mass is 413 g/mol. The highest BCUT2D eigenvalue weighted by Gasteiger charge is 2.18. The van der Waals surface area contributed by atoms with Gasteiger partial charge in [0.05, 0.1) is 18.2 Å². The van der Waals surface area contributed by atoms with E-state index >= 15 is 0 Å². The number of thiophene rings is 1. The minimum absolute atomic E-state index is 0.0170. The first-order chi connectivity index (χ1) is 13.5. The van der Waals surface area contributed by atoms with Gasteiger partial charge in [0.2, 0.25) is 5.91 Å². The van der Waals surface area contributed by atoms with E-state index in [-0.39, 0.29) is 24.3 Å². The molecule has 28 heavy (non-hydrogen) atoms. The third kappa shape index (κ3) is 5.74. The Morgan fingerprint density at radius 1 is 1.07 bits per heavy atom. The van der Waals surface area contributed by atoms with Crippen LogP contribution in [0.2, 0.25) is 0 Å². The lowest BCUT2D eigenvalue weighted by atomic mass is 10.0. The molecule has 7 heteroatoms. The minimum atomic E-state index is -0.208. The lowest BCUT2D eigenvalue weighted by Crippen LogP contribution is -2.30. The van der Waals surface area contributed by atoms with Crippen molar-refractivity contribution < 1.29 is 9.59 Å². The van der Waals surface area contributed by atoms with Gasteiger partial charge in [0.25, 0.3) is 5.91 Å². The Hall–Kier alpha value is -2.51. The van der Waals surface area contributed by atoms with Crippen molar-refractivity contribution in [2.45, 2.75) is 32.7 Å². The van der Waals surface area contributed by atoms with Crippen LogP contribution in [0.4, 0.5) is 5.13 Å². The van der Waals surface area contributed by atoms with Crippen LogP contribution in [-0.2, 0) is 11.2 Å². The van der Waals surface area contributed by atoms with Crippen molar-refractivity contribution in [3.05, 3.63) is 69.4 Å². The molecule has 2 N–H and O–H groups in total. The van der Waals surface area contributed by atoms with Crippen molar-refractivity contribution >= 4 is 39.6 Å². The number of aromatic nitrogens is 1. The molecule has 146 valence electrons. The van der Waals surface area contributed by atoms with Gasteiger partial charge in [-0.1, -0.05) is 38.1 Å². The van der Waals surface area contributed by atoms with Crippen LogP contribution in [0, 0.1) is 5.92 Å². The minimum Gasteiger partial charge on any atom is -0.348 e. The van der Waals surface area contributed by atoms with Gasteiger partial charge in [-0.3, -0.25) is 14.9 Å². The molecule has 2 amide bonds. The first-order valence-electron chi connectivity index (χ1n) is 9.15. The first kappa shape index (κ1) is 20.2. The lowest BCUT2D eigenvalue weighted by Gasteiger charge is -2.19. The zero-order valence-electron chi connectivity index (χ0n) is 15.8. The van der Waals surface area contributed by atoms with Gasteiger partial charge < -0.3 is 5.32 Å².